The van der Waals surface area contributed by atoms with E-state index in [0.29, 0.717) is 5.69 Å². The van der Waals surface area contributed by atoms with E-state index in [9.17, 15) is 22.4 Å². The second-order valence-electron chi connectivity index (χ2n) is 5.28. The van der Waals surface area contributed by atoms with Crippen LogP contribution in [0.25, 0.3) is 0 Å². The Balaban J connectivity index is 2.21. The Morgan fingerprint density at radius 1 is 1.27 bits per heavy atom. The van der Waals surface area contributed by atoms with Crippen LogP contribution in [-0.2, 0) is 19.4 Å². The number of sulfone groups is 1. The van der Waals surface area contributed by atoms with Gasteiger partial charge in [-0.25, -0.2) is 12.8 Å². The smallest absolute Gasteiger partial charge is 0.231 e. The van der Waals surface area contributed by atoms with E-state index >= 15 is 0 Å². The Bertz CT molecular complexity index is 673. The number of anilines is 1. The Morgan fingerprint density at radius 2 is 1.91 bits per heavy atom. The molecule has 1 aliphatic heterocycles. The monoisotopic (exact) mass is 328 g/mol. The van der Waals surface area contributed by atoms with Gasteiger partial charge in [0.25, 0.3) is 0 Å². The van der Waals surface area contributed by atoms with Crippen LogP contribution in [-0.4, -0.2) is 38.3 Å². The van der Waals surface area contributed by atoms with Crippen LogP contribution in [0.4, 0.5) is 10.1 Å². The summed E-state index contributed by atoms with van der Waals surface area (Å²) in [5.74, 6) is -2.25. The van der Waals surface area contributed by atoms with Gasteiger partial charge in [-0.15, -0.1) is 0 Å². The summed E-state index contributed by atoms with van der Waals surface area (Å²) in [7, 11) is -3.19. The highest BCUT2D eigenvalue weighted by molar-refractivity contribution is 7.91. The first kappa shape index (κ1) is 16.4. The average molecular weight is 328 g/mol. The Morgan fingerprint density at radius 3 is 2.41 bits per heavy atom. The van der Waals surface area contributed by atoms with E-state index in [1.54, 1.807) is 0 Å². The lowest BCUT2D eigenvalue weighted by Gasteiger charge is -2.25. The highest BCUT2D eigenvalue weighted by atomic mass is 32.2. The molecule has 0 aromatic heterocycles. The van der Waals surface area contributed by atoms with Crippen molar-refractivity contribution >= 4 is 27.3 Å². The van der Waals surface area contributed by atoms with Crippen molar-refractivity contribution in [2.45, 2.75) is 12.8 Å². The van der Waals surface area contributed by atoms with Gasteiger partial charge in [0.2, 0.25) is 11.8 Å². The molecule has 1 atom stereocenters. The highest BCUT2D eigenvalue weighted by Gasteiger charge is 2.35. The molecule has 1 unspecified atom stereocenters. The zero-order valence-corrected chi connectivity index (χ0v) is 12.7. The minimum Gasteiger partial charge on any atom is -0.370 e. The van der Waals surface area contributed by atoms with E-state index < -0.39 is 27.5 Å². The molecule has 2 N–H and O–H groups in total. The molecule has 8 heteroatoms. The number of carbonyl (C=O) groups excluding carboxylic acids is 2. The minimum absolute atomic E-state index is 0.0174. The number of nitrogens with two attached hydrogens (primary N) is 1. The van der Waals surface area contributed by atoms with E-state index in [4.69, 9.17) is 5.73 Å². The number of amides is 2. The number of primary amides is 1. The van der Waals surface area contributed by atoms with Crippen molar-refractivity contribution in [2.75, 3.05) is 23.0 Å². The van der Waals surface area contributed by atoms with Gasteiger partial charge in [-0.2, -0.15) is 0 Å². The van der Waals surface area contributed by atoms with Gasteiger partial charge < -0.3 is 10.6 Å². The van der Waals surface area contributed by atoms with Gasteiger partial charge in [0.15, 0.2) is 9.84 Å². The summed E-state index contributed by atoms with van der Waals surface area (Å²) in [4.78, 5) is 24.8. The lowest BCUT2D eigenvalue weighted by atomic mass is 10.1. The minimum atomic E-state index is -3.19. The number of nitrogens with zero attached hydrogens (tertiary/aromatic N) is 1. The molecule has 1 saturated heterocycles. The van der Waals surface area contributed by atoms with Crippen LogP contribution in [0.2, 0.25) is 0 Å². The van der Waals surface area contributed by atoms with Crippen molar-refractivity contribution in [3.05, 3.63) is 30.1 Å². The molecule has 1 aliphatic rings. The second kappa shape index (κ2) is 6.43. The van der Waals surface area contributed by atoms with Crippen LogP contribution >= 0.6 is 0 Å². The van der Waals surface area contributed by atoms with Gasteiger partial charge in [-0.3, -0.25) is 9.59 Å². The van der Waals surface area contributed by atoms with Crippen molar-refractivity contribution in [2.24, 2.45) is 11.7 Å². The maximum absolute atomic E-state index is 13.0. The van der Waals surface area contributed by atoms with Crippen molar-refractivity contribution < 1.29 is 22.4 Å². The number of halogens is 1. The summed E-state index contributed by atoms with van der Waals surface area (Å²) in [5.41, 5.74) is 5.52. The highest BCUT2D eigenvalue weighted by Crippen LogP contribution is 2.24. The lowest BCUT2D eigenvalue weighted by molar-refractivity contribution is -0.121. The molecule has 22 heavy (non-hydrogen) atoms. The van der Waals surface area contributed by atoms with Crippen LogP contribution in [0.1, 0.15) is 12.8 Å². The molecule has 1 fully saturated rings. The summed E-state index contributed by atoms with van der Waals surface area (Å²) >= 11 is 0. The fourth-order valence-electron chi connectivity index (χ4n) is 2.42. The van der Waals surface area contributed by atoms with E-state index in [1.807, 2.05) is 0 Å². The normalized spacial score (nSPS) is 19.8. The van der Waals surface area contributed by atoms with Crippen LogP contribution in [0.15, 0.2) is 24.3 Å². The summed E-state index contributed by atoms with van der Waals surface area (Å²) in [6.07, 6.45) is 0.206. The Hall–Kier alpha value is -1.96. The SMILES string of the molecule is NC(=O)CCN(C(=O)C1CCS(=O)(=O)C1)c1ccc(F)cc1. The predicted octanol–water partition coefficient (Wildman–Crippen LogP) is 0.469. The van der Waals surface area contributed by atoms with E-state index in [-0.39, 0.29) is 36.8 Å². The fraction of sp³-hybridized carbons (Fsp3) is 0.429. The molecule has 120 valence electrons. The van der Waals surface area contributed by atoms with Gasteiger partial charge in [0.1, 0.15) is 5.82 Å². The van der Waals surface area contributed by atoms with E-state index in [1.165, 1.54) is 29.2 Å². The second-order valence-corrected chi connectivity index (χ2v) is 7.51. The molecule has 0 bridgehead atoms. The number of hydrogen-bond acceptors (Lipinski definition) is 4. The maximum Gasteiger partial charge on any atom is 0.231 e. The van der Waals surface area contributed by atoms with Crippen molar-refractivity contribution in [1.82, 2.24) is 0 Å². The largest absolute Gasteiger partial charge is 0.370 e. The maximum atomic E-state index is 13.0. The van der Waals surface area contributed by atoms with Crippen LogP contribution < -0.4 is 10.6 Å². The molecule has 0 spiro atoms. The number of hydrogen-bond donors (Lipinski definition) is 1. The fourth-order valence-corrected chi connectivity index (χ4v) is 4.15. The van der Waals surface area contributed by atoms with E-state index in [2.05, 4.69) is 0 Å². The van der Waals surface area contributed by atoms with Gasteiger partial charge in [0, 0.05) is 18.7 Å². The standard InChI is InChI=1S/C14H17FN2O4S/c15-11-1-3-12(4-2-11)17(7-5-13(16)18)14(19)10-6-8-22(20,21)9-10/h1-4,10H,5-9H2,(H2,16,18). The Labute approximate surface area is 128 Å². The molecule has 0 radical (unpaired) electrons. The average Bonchev–Trinajstić information content (AvgIpc) is 2.80. The van der Waals surface area contributed by atoms with Gasteiger partial charge in [-0.1, -0.05) is 0 Å². The summed E-state index contributed by atoms with van der Waals surface area (Å²) in [5, 5.41) is 0. The third-order valence-electron chi connectivity index (χ3n) is 3.57. The first-order valence-corrected chi connectivity index (χ1v) is 8.66. The van der Waals surface area contributed by atoms with Crippen LogP contribution in [0.5, 0.6) is 0 Å². The zero-order valence-electron chi connectivity index (χ0n) is 11.9. The van der Waals surface area contributed by atoms with E-state index in [0.717, 1.165) is 0 Å². The number of benzene rings is 1. The Kier molecular flexibility index (Phi) is 4.80. The first-order chi connectivity index (χ1) is 10.3. The number of carbonyl (C=O) groups is 2. The molecule has 1 aromatic rings. The third-order valence-corrected chi connectivity index (χ3v) is 5.34. The summed E-state index contributed by atoms with van der Waals surface area (Å²) in [6, 6.07) is 5.23. The number of rotatable bonds is 5. The van der Waals surface area contributed by atoms with Crippen molar-refractivity contribution in [3.63, 3.8) is 0 Å². The molecule has 2 rings (SSSR count). The molecule has 0 saturated carbocycles. The van der Waals surface area contributed by atoms with Crippen LogP contribution in [0, 0.1) is 11.7 Å². The molecule has 0 aliphatic carbocycles. The summed E-state index contributed by atoms with van der Waals surface area (Å²) < 4.78 is 36.1. The molecular weight excluding hydrogens is 311 g/mol. The third kappa shape index (κ3) is 4.03. The topological polar surface area (TPSA) is 97.5 Å². The lowest BCUT2D eigenvalue weighted by Crippen LogP contribution is -2.39. The zero-order chi connectivity index (χ0) is 16.3. The predicted molar refractivity (Wildman–Crippen MR) is 79.3 cm³/mol. The van der Waals surface area contributed by atoms with Gasteiger partial charge in [0.05, 0.1) is 17.4 Å². The van der Waals surface area contributed by atoms with Crippen LogP contribution in [0.3, 0.4) is 0 Å². The quantitative estimate of drug-likeness (QED) is 0.849. The molecule has 1 heterocycles. The van der Waals surface area contributed by atoms with Crippen molar-refractivity contribution in [1.29, 1.82) is 0 Å². The van der Waals surface area contributed by atoms with Gasteiger partial charge >= 0.3 is 0 Å². The molecule has 6 nitrogen and oxygen atoms in total. The summed E-state index contributed by atoms with van der Waals surface area (Å²) in [6.45, 7) is 0.0380. The molecule has 2 amide bonds. The van der Waals surface area contributed by atoms with Crippen molar-refractivity contribution in [3.8, 4) is 0 Å². The molecular formula is C14H17FN2O4S. The first-order valence-electron chi connectivity index (χ1n) is 6.84. The van der Waals surface area contributed by atoms with Gasteiger partial charge in [-0.05, 0) is 30.7 Å². The molecule has 1 aromatic carbocycles.